The number of aliphatic hydroxyl groups is 1. The highest BCUT2D eigenvalue weighted by Crippen LogP contribution is 2.29. The fraction of sp³-hybridized carbons (Fsp3) is 0.692. The van der Waals surface area contributed by atoms with E-state index in [9.17, 15) is 0 Å². The molecular formula is C13H20N4O. The normalized spacial score (nSPS) is 28.4. The molecule has 2 aliphatic heterocycles. The second-order valence-electron chi connectivity index (χ2n) is 5.33. The predicted molar refractivity (Wildman–Crippen MR) is 69.4 cm³/mol. The maximum atomic E-state index is 8.98. The highest BCUT2D eigenvalue weighted by Gasteiger charge is 2.34. The van der Waals surface area contributed by atoms with Gasteiger partial charge in [0, 0.05) is 25.2 Å². The molecule has 0 aliphatic carbocycles. The molecule has 2 atom stereocenters. The number of likely N-dealkylation sites (N-methyl/N-ethyl adjacent to an activating group) is 1. The summed E-state index contributed by atoms with van der Waals surface area (Å²) in [6.45, 7) is 2.06. The first-order chi connectivity index (χ1) is 8.78. The first kappa shape index (κ1) is 11.9. The van der Waals surface area contributed by atoms with Crippen molar-refractivity contribution in [2.24, 2.45) is 0 Å². The molecule has 1 aromatic heterocycles. The Morgan fingerprint density at radius 2 is 2.06 bits per heavy atom. The Bertz CT molecular complexity index is 408. The van der Waals surface area contributed by atoms with Crippen molar-refractivity contribution in [1.82, 2.24) is 15.1 Å². The molecule has 1 N–H and O–H groups in total. The zero-order valence-electron chi connectivity index (χ0n) is 10.8. The van der Waals surface area contributed by atoms with Crippen LogP contribution < -0.4 is 4.90 Å². The van der Waals surface area contributed by atoms with E-state index in [2.05, 4.69) is 27.0 Å². The van der Waals surface area contributed by atoms with Gasteiger partial charge in [-0.25, -0.2) is 0 Å². The Balaban J connectivity index is 1.76. The van der Waals surface area contributed by atoms with Gasteiger partial charge in [-0.1, -0.05) is 0 Å². The van der Waals surface area contributed by atoms with E-state index < -0.39 is 0 Å². The molecule has 2 bridgehead atoms. The smallest absolute Gasteiger partial charge is 0.151 e. The molecule has 3 heterocycles. The SMILES string of the molecule is CN1C2CCC1CN(c1ccc(CO)nn1)CC2. The molecule has 2 saturated heterocycles. The molecule has 2 aliphatic rings. The van der Waals surface area contributed by atoms with Crippen LogP contribution in [0.5, 0.6) is 0 Å². The molecule has 0 aromatic carbocycles. The third kappa shape index (κ3) is 2.08. The van der Waals surface area contributed by atoms with Crippen molar-refractivity contribution in [3.8, 4) is 0 Å². The zero-order chi connectivity index (χ0) is 12.5. The van der Waals surface area contributed by atoms with Gasteiger partial charge in [-0.05, 0) is 38.4 Å². The lowest BCUT2D eigenvalue weighted by Gasteiger charge is -2.26. The maximum absolute atomic E-state index is 8.98. The molecule has 5 nitrogen and oxygen atoms in total. The summed E-state index contributed by atoms with van der Waals surface area (Å²) in [7, 11) is 2.24. The molecule has 0 saturated carbocycles. The maximum Gasteiger partial charge on any atom is 0.151 e. The van der Waals surface area contributed by atoms with Gasteiger partial charge < -0.3 is 10.0 Å². The van der Waals surface area contributed by atoms with Crippen LogP contribution in [0.2, 0.25) is 0 Å². The Morgan fingerprint density at radius 1 is 1.22 bits per heavy atom. The van der Waals surface area contributed by atoms with Crippen LogP contribution in [0, 0.1) is 0 Å². The summed E-state index contributed by atoms with van der Waals surface area (Å²) < 4.78 is 0. The van der Waals surface area contributed by atoms with Gasteiger partial charge in [-0.15, -0.1) is 5.10 Å². The van der Waals surface area contributed by atoms with E-state index in [0.29, 0.717) is 11.7 Å². The van der Waals surface area contributed by atoms with Crippen LogP contribution in [0.1, 0.15) is 25.0 Å². The van der Waals surface area contributed by atoms with Crippen molar-refractivity contribution < 1.29 is 5.11 Å². The van der Waals surface area contributed by atoms with E-state index in [1.165, 1.54) is 19.3 Å². The molecule has 18 heavy (non-hydrogen) atoms. The molecule has 98 valence electrons. The number of fused-ring (bicyclic) bond motifs is 2. The van der Waals surface area contributed by atoms with Crippen molar-refractivity contribution in [1.29, 1.82) is 0 Å². The predicted octanol–water partition coefficient (Wildman–Crippen LogP) is 0.642. The largest absolute Gasteiger partial charge is 0.390 e. The van der Waals surface area contributed by atoms with Crippen LogP contribution in [0.25, 0.3) is 0 Å². The van der Waals surface area contributed by atoms with Crippen LogP contribution in [0.4, 0.5) is 5.82 Å². The summed E-state index contributed by atoms with van der Waals surface area (Å²) in [4.78, 5) is 4.85. The third-order valence-electron chi connectivity index (χ3n) is 4.34. The lowest BCUT2D eigenvalue weighted by atomic mass is 10.1. The quantitative estimate of drug-likeness (QED) is 0.832. The standard InChI is InChI=1S/C13H20N4O/c1-16-11-3-4-12(16)8-17(7-6-11)13-5-2-10(9-18)14-15-13/h2,5,11-12,18H,3-4,6-9H2,1H3. The topological polar surface area (TPSA) is 52.5 Å². The fourth-order valence-electron chi connectivity index (χ4n) is 3.12. The van der Waals surface area contributed by atoms with E-state index >= 15 is 0 Å². The highest BCUT2D eigenvalue weighted by atomic mass is 16.3. The zero-order valence-corrected chi connectivity index (χ0v) is 10.8. The van der Waals surface area contributed by atoms with Gasteiger partial charge in [0.05, 0.1) is 12.3 Å². The van der Waals surface area contributed by atoms with E-state index in [1.807, 2.05) is 12.1 Å². The van der Waals surface area contributed by atoms with E-state index in [4.69, 9.17) is 5.11 Å². The molecule has 1 aromatic rings. The fourth-order valence-corrected chi connectivity index (χ4v) is 3.12. The number of rotatable bonds is 2. The first-order valence-corrected chi connectivity index (χ1v) is 6.68. The Kier molecular flexibility index (Phi) is 3.18. The molecule has 0 spiro atoms. The number of hydrogen-bond donors (Lipinski definition) is 1. The Labute approximate surface area is 107 Å². The lowest BCUT2D eigenvalue weighted by Crippen LogP contribution is -2.37. The third-order valence-corrected chi connectivity index (χ3v) is 4.34. The van der Waals surface area contributed by atoms with Crippen LogP contribution >= 0.6 is 0 Å². The van der Waals surface area contributed by atoms with Crippen LogP contribution in [-0.4, -0.2) is 52.4 Å². The summed E-state index contributed by atoms with van der Waals surface area (Å²) in [5.74, 6) is 0.938. The minimum atomic E-state index is -0.0410. The van der Waals surface area contributed by atoms with Gasteiger partial charge in [-0.3, -0.25) is 4.90 Å². The van der Waals surface area contributed by atoms with Crippen LogP contribution in [0.15, 0.2) is 12.1 Å². The molecule has 3 rings (SSSR count). The molecule has 2 unspecified atom stereocenters. The van der Waals surface area contributed by atoms with E-state index in [-0.39, 0.29) is 6.61 Å². The summed E-state index contributed by atoms with van der Waals surface area (Å²) >= 11 is 0. The van der Waals surface area contributed by atoms with E-state index in [0.717, 1.165) is 24.9 Å². The van der Waals surface area contributed by atoms with Gasteiger partial charge in [-0.2, -0.15) is 5.10 Å². The second kappa shape index (κ2) is 4.82. The summed E-state index contributed by atoms with van der Waals surface area (Å²) in [6, 6.07) is 5.22. The minimum Gasteiger partial charge on any atom is -0.390 e. The van der Waals surface area contributed by atoms with Crippen LogP contribution in [-0.2, 0) is 6.61 Å². The first-order valence-electron chi connectivity index (χ1n) is 6.68. The van der Waals surface area contributed by atoms with E-state index in [1.54, 1.807) is 0 Å². The van der Waals surface area contributed by atoms with Gasteiger partial charge >= 0.3 is 0 Å². The summed E-state index contributed by atoms with van der Waals surface area (Å²) in [5, 5.41) is 17.2. The lowest BCUT2D eigenvalue weighted by molar-refractivity contribution is 0.254. The summed E-state index contributed by atoms with van der Waals surface area (Å²) in [5.41, 5.74) is 0.632. The van der Waals surface area contributed by atoms with Crippen molar-refractivity contribution in [3.05, 3.63) is 17.8 Å². The average molecular weight is 248 g/mol. The molecular weight excluding hydrogens is 228 g/mol. The number of aliphatic hydroxyl groups excluding tert-OH is 1. The monoisotopic (exact) mass is 248 g/mol. The average Bonchev–Trinajstić information content (AvgIpc) is 2.64. The van der Waals surface area contributed by atoms with Gasteiger partial charge in [0.2, 0.25) is 0 Å². The van der Waals surface area contributed by atoms with Gasteiger partial charge in [0.1, 0.15) is 0 Å². The highest BCUT2D eigenvalue weighted by molar-refractivity contribution is 5.38. The molecule has 2 fully saturated rings. The number of aromatic nitrogens is 2. The van der Waals surface area contributed by atoms with Gasteiger partial charge in [0.15, 0.2) is 5.82 Å². The Morgan fingerprint density at radius 3 is 2.78 bits per heavy atom. The molecule has 0 amide bonds. The number of nitrogens with zero attached hydrogens (tertiary/aromatic N) is 4. The Hall–Kier alpha value is -1.20. The van der Waals surface area contributed by atoms with Crippen molar-refractivity contribution in [2.45, 2.75) is 38.0 Å². The van der Waals surface area contributed by atoms with Crippen molar-refractivity contribution in [2.75, 3.05) is 25.0 Å². The molecule has 5 heteroatoms. The van der Waals surface area contributed by atoms with Crippen LogP contribution in [0.3, 0.4) is 0 Å². The number of hydrogen-bond acceptors (Lipinski definition) is 5. The van der Waals surface area contributed by atoms with Crippen molar-refractivity contribution in [3.63, 3.8) is 0 Å². The second-order valence-corrected chi connectivity index (χ2v) is 5.33. The summed E-state index contributed by atoms with van der Waals surface area (Å²) in [6.07, 6.45) is 3.83. The number of anilines is 1. The van der Waals surface area contributed by atoms with Gasteiger partial charge in [0.25, 0.3) is 0 Å². The minimum absolute atomic E-state index is 0.0410. The molecule has 0 radical (unpaired) electrons. The van der Waals surface area contributed by atoms with Crippen molar-refractivity contribution >= 4 is 5.82 Å².